The minimum Gasteiger partial charge on any atom is -0.392 e. The number of nitrogens with one attached hydrogen (secondary N) is 1. The van der Waals surface area contributed by atoms with Gasteiger partial charge in [0.2, 0.25) is 5.91 Å². The monoisotopic (exact) mass is 222 g/mol. The minimum absolute atomic E-state index is 0.0302. The van der Waals surface area contributed by atoms with Crippen molar-refractivity contribution in [1.29, 1.82) is 0 Å². The lowest BCUT2D eigenvalue weighted by atomic mass is 10.1. The van der Waals surface area contributed by atoms with Crippen LogP contribution >= 0.6 is 0 Å². The van der Waals surface area contributed by atoms with Crippen molar-refractivity contribution in [2.45, 2.75) is 32.5 Å². The van der Waals surface area contributed by atoms with E-state index in [0.717, 1.165) is 11.1 Å². The number of aliphatic hydroxyl groups is 1. The number of amides is 1. The number of rotatable bonds is 4. The van der Waals surface area contributed by atoms with Crippen LogP contribution < -0.4 is 11.1 Å². The Kier molecular flexibility index (Phi) is 4.04. The molecule has 0 bridgehead atoms. The summed E-state index contributed by atoms with van der Waals surface area (Å²) < 4.78 is 0. The molecule has 4 heteroatoms. The third-order valence-electron chi connectivity index (χ3n) is 2.24. The Bertz CT molecular complexity index is 352. The summed E-state index contributed by atoms with van der Waals surface area (Å²) in [5, 5.41) is 11.6. The Balaban J connectivity index is 2.52. The van der Waals surface area contributed by atoms with Crippen LogP contribution in [0.1, 0.15) is 25.0 Å². The average molecular weight is 222 g/mol. The molecule has 0 spiro atoms. The Hall–Kier alpha value is -1.39. The highest BCUT2D eigenvalue weighted by Gasteiger charge is 2.20. The molecule has 4 N–H and O–H groups in total. The zero-order valence-electron chi connectivity index (χ0n) is 9.66. The van der Waals surface area contributed by atoms with Crippen LogP contribution in [0.4, 0.5) is 0 Å². The predicted molar refractivity (Wildman–Crippen MR) is 62.5 cm³/mol. The van der Waals surface area contributed by atoms with Crippen molar-refractivity contribution in [1.82, 2.24) is 5.32 Å². The van der Waals surface area contributed by atoms with Crippen LogP contribution in [-0.2, 0) is 17.9 Å². The van der Waals surface area contributed by atoms with Gasteiger partial charge in [-0.1, -0.05) is 24.3 Å². The van der Waals surface area contributed by atoms with Gasteiger partial charge in [0.25, 0.3) is 0 Å². The van der Waals surface area contributed by atoms with Gasteiger partial charge in [-0.05, 0) is 25.0 Å². The topological polar surface area (TPSA) is 75.4 Å². The molecule has 0 unspecified atom stereocenters. The van der Waals surface area contributed by atoms with E-state index in [1.165, 1.54) is 0 Å². The largest absolute Gasteiger partial charge is 0.392 e. The zero-order chi connectivity index (χ0) is 12.2. The highest BCUT2D eigenvalue weighted by molar-refractivity contribution is 5.84. The molecule has 0 aliphatic rings. The fourth-order valence-corrected chi connectivity index (χ4v) is 1.17. The second kappa shape index (κ2) is 5.09. The van der Waals surface area contributed by atoms with Crippen LogP contribution in [0.25, 0.3) is 0 Å². The highest BCUT2D eigenvalue weighted by atomic mass is 16.3. The summed E-state index contributed by atoms with van der Waals surface area (Å²) in [4.78, 5) is 11.5. The van der Waals surface area contributed by atoms with Crippen molar-refractivity contribution in [2.75, 3.05) is 0 Å². The number of carbonyl (C=O) groups is 1. The molecular formula is C12H18N2O2. The van der Waals surface area contributed by atoms with Gasteiger partial charge in [0.15, 0.2) is 0 Å². The van der Waals surface area contributed by atoms with E-state index in [-0.39, 0.29) is 12.5 Å². The summed E-state index contributed by atoms with van der Waals surface area (Å²) in [6, 6.07) is 7.40. The summed E-state index contributed by atoms with van der Waals surface area (Å²) in [6.07, 6.45) is 0. The van der Waals surface area contributed by atoms with Crippen molar-refractivity contribution < 1.29 is 9.90 Å². The lowest BCUT2D eigenvalue weighted by Gasteiger charge is -2.17. The lowest BCUT2D eigenvalue weighted by Crippen LogP contribution is -2.48. The van der Waals surface area contributed by atoms with Crippen molar-refractivity contribution in [2.24, 2.45) is 5.73 Å². The molecule has 0 aromatic heterocycles. The molecule has 0 saturated carbocycles. The fourth-order valence-electron chi connectivity index (χ4n) is 1.17. The Labute approximate surface area is 95.5 Å². The van der Waals surface area contributed by atoms with Crippen LogP contribution in [0.3, 0.4) is 0 Å². The van der Waals surface area contributed by atoms with Gasteiger partial charge in [0.1, 0.15) is 0 Å². The van der Waals surface area contributed by atoms with E-state index in [1.807, 2.05) is 24.3 Å². The van der Waals surface area contributed by atoms with E-state index in [0.29, 0.717) is 6.54 Å². The maximum absolute atomic E-state index is 11.5. The highest BCUT2D eigenvalue weighted by Crippen LogP contribution is 2.04. The van der Waals surface area contributed by atoms with E-state index >= 15 is 0 Å². The molecule has 1 aromatic rings. The summed E-state index contributed by atoms with van der Waals surface area (Å²) in [5.74, 6) is -0.182. The minimum atomic E-state index is -0.856. The van der Waals surface area contributed by atoms with Crippen LogP contribution in [0, 0.1) is 0 Å². The second-order valence-corrected chi connectivity index (χ2v) is 4.38. The molecule has 0 atom stereocenters. The van der Waals surface area contributed by atoms with E-state index in [4.69, 9.17) is 10.8 Å². The summed E-state index contributed by atoms with van der Waals surface area (Å²) in [7, 11) is 0. The van der Waals surface area contributed by atoms with Gasteiger partial charge < -0.3 is 16.2 Å². The Morgan fingerprint density at radius 3 is 2.25 bits per heavy atom. The fraction of sp³-hybridized carbons (Fsp3) is 0.417. The maximum Gasteiger partial charge on any atom is 0.239 e. The standard InChI is InChI=1S/C12H18N2O2/c1-12(2,13)11(16)14-7-9-3-5-10(8-15)6-4-9/h3-6,15H,7-8,13H2,1-2H3,(H,14,16). The molecular weight excluding hydrogens is 204 g/mol. The predicted octanol–water partition coefficient (Wildman–Crippen LogP) is 0.532. The van der Waals surface area contributed by atoms with Gasteiger partial charge in [0, 0.05) is 6.54 Å². The van der Waals surface area contributed by atoms with E-state index in [1.54, 1.807) is 13.8 Å². The normalized spacial score (nSPS) is 11.2. The van der Waals surface area contributed by atoms with Crippen molar-refractivity contribution in [3.8, 4) is 0 Å². The van der Waals surface area contributed by atoms with E-state index < -0.39 is 5.54 Å². The molecule has 1 aromatic carbocycles. The first-order valence-electron chi connectivity index (χ1n) is 5.19. The number of hydrogen-bond acceptors (Lipinski definition) is 3. The summed E-state index contributed by atoms with van der Waals surface area (Å²) in [6.45, 7) is 3.81. The maximum atomic E-state index is 11.5. The number of benzene rings is 1. The first kappa shape index (κ1) is 12.7. The number of carbonyl (C=O) groups excluding carboxylic acids is 1. The van der Waals surface area contributed by atoms with Gasteiger partial charge in [-0.2, -0.15) is 0 Å². The first-order chi connectivity index (χ1) is 7.43. The van der Waals surface area contributed by atoms with Crippen molar-refractivity contribution in [3.05, 3.63) is 35.4 Å². The van der Waals surface area contributed by atoms with Crippen LogP contribution in [0.5, 0.6) is 0 Å². The molecule has 0 fully saturated rings. The average Bonchev–Trinajstić information content (AvgIpc) is 2.25. The summed E-state index contributed by atoms with van der Waals surface area (Å²) >= 11 is 0. The van der Waals surface area contributed by atoms with Gasteiger partial charge in [-0.15, -0.1) is 0 Å². The van der Waals surface area contributed by atoms with Crippen LogP contribution in [0.2, 0.25) is 0 Å². The summed E-state index contributed by atoms with van der Waals surface area (Å²) in [5.41, 5.74) is 6.62. The molecule has 1 amide bonds. The molecule has 0 saturated heterocycles. The quantitative estimate of drug-likeness (QED) is 0.695. The first-order valence-corrected chi connectivity index (χ1v) is 5.19. The van der Waals surface area contributed by atoms with Crippen molar-refractivity contribution >= 4 is 5.91 Å². The molecule has 0 aliphatic heterocycles. The zero-order valence-corrected chi connectivity index (χ0v) is 9.66. The molecule has 16 heavy (non-hydrogen) atoms. The molecule has 0 heterocycles. The van der Waals surface area contributed by atoms with Gasteiger partial charge in [-0.3, -0.25) is 4.79 Å². The Morgan fingerprint density at radius 2 is 1.81 bits per heavy atom. The van der Waals surface area contributed by atoms with Gasteiger partial charge in [0.05, 0.1) is 12.1 Å². The third-order valence-corrected chi connectivity index (χ3v) is 2.24. The number of hydrogen-bond donors (Lipinski definition) is 3. The lowest BCUT2D eigenvalue weighted by molar-refractivity contribution is -0.125. The third kappa shape index (κ3) is 3.64. The second-order valence-electron chi connectivity index (χ2n) is 4.38. The van der Waals surface area contributed by atoms with Crippen LogP contribution in [-0.4, -0.2) is 16.6 Å². The SMILES string of the molecule is CC(C)(N)C(=O)NCc1ccc(CO)cc1. The van der Waals surface area contributed by atoms with Gasteiger partial charge in [-0.25, -0.2) is 0 Å². The number of nitrogens with two attached hydrogens (primary N) is 1. The molecule has 4 nitrogen and oxygen atoms in total. The number of aliphatic hydroxyl groups excluding tert-OH is 1. The molecule has 0 aliphatic carbocycles. The molecule has 0 radical (unpaired) electrons. The van der Waals surface area contributed by atoms with E-state index in [9.17, 15) is 4.79 Å². The molecule has 1 rings (SSSR count). The molecule has 88 valence electrons. The van der Waals surface area contributed by atoms with Gasteiger partial charge >= 0.3 is 0 Å². The van der Waals surface area contributed by atoms with Crippen molar-refractivity contribution in [3.63, 3.8) is 0 Å². The van der Waals surface area contributed by atoms with Crippen LogP contribution in [0.15, 0.2) is 24.3 Å². The Morgan fingerprint density at radius 1 is 1.31 bits per heavy atom. The smallest absolute Gasteiger partial charge is 0.239 e. The van der Waals surface area contributed by atoms with E-state index in [2.05, 4.69) is 5.32 Å².